The van der Waals surface area contributed by atoms with Gasteiger partial charge in [-0.2, -0.15) is 5.26 Å². The van der Waals surface area contributed by atoms with Crippen LogP contribution in [-0.2, 0) is 0 Å². The molecule has 1 saturated carbocycles. The van der Waals surface area contributed by atoms with Crippen molar-refractivity contribution in [3.63, 3.8) is 0 Å². The van der Waals surface area contributed by atoms with Crippen molar-refractivity contribution >= 4 is 0 Å². The van der Waals surface area contributed by atoms with Gasteiger partial charge in [-0.15, -0.1) is 0 Å². The highest BCUT2D eigenvalue weighted by atomic mass is 15.1. The van der Waals surface area contributed by atoms with Crippen LogP contribution in [0.15, 0.2) is 0 Å². The van der Waals surface area contributed by atoms with E-state index in [2.05, 4.69) is 30.3 Å². The molecule has 3 heteroatoms. The first-order valence-corrected chi connectivity index (χ1v) is 7.11. The number of nitrogens with zero attached hydrogens (tertiary/aromatic N) is 2. The molecule has 0 amide bonds. The van der Waals surface area contributed by atoms with Gasteiger partial charge in [0.1, 0.15) is 0 Å². The summed E-state index contributed by atoms with van der Waals surface area (Å²) in [6.45, 7) is 4.13. The average molecular weight is 237 g/mol. The third-order valence-corrected chi connectivity index (χ3v) is 3.77. The second-order valence-corrected chi connectivity index (χ2v) is 5.20. The molecule has 1 fully saturated rings. The largest absolute Gasteiger partial charge is 0.303 e. The van der Waals surface area contributed by atoms with Crippen molar-refractivity contribution in [2.75, 3.05) is 20.1 Å². The molecular weight excluding hydrogens is 210 g/mol. The van der Waals surface area contributed by atoms with Gasteiger partial charge in [0, 0.05) is 12.6 Å². The van der Waals surface area contributed by atoms with Gasteiger partial charge in [0.05, 0.1) is 12.1 Å². The van der Waals surface area contributed by atoms with E-state index in [9.17, 15) is 0 Å². The lowest BCUT2D eigenvalue weighted by molar-refractivity contribution is 0.186. The highest BCUT2D eigenvalue weighted by Crippen LogP contribution is 2.21. The van der Waals surface area contributed by atoms with Crippen molar-refractivity contribution in [1.29, 1.82) is 5.26 Å². The van der Waals surface area contributed by atoms with E-state index in [1.54, 1.807) is 0 Å². The minimum Gasteiger partial charge on any atom is -0.303 e. The zero-order chi connectivity index (χ0) is 12.5. The molecule has 0 radical (unpaired) electrons. The van der Waals surface area contributed by atoms with Gasteiger partial charge >= 0.3 is 0 Å². The fourth-order valence-electron chi connectivity index (χ4n) is 2.57. The van der Waals surface area contributed by atoms with Crippen molar-refractivity contribution in [1.82, 2.24) is 10.2 Å². The Bertz CT molecular complexity index is 228. The Hall–Kier alpha value is -0.590. The van der Waals surface area contributed by atoms with Gasteiger partial charge in [0.2, 0.25) is 0 Å². The summed E-state index contributed by atoms with van der Waals surface area (Å²) < 4.78 is 0. The molecule has 3 nitrogen and oxygen atoms in total. The van der Waals surface area contributed by atoms with Gasteiger partial charge < -0.3 is 10.2 Å². The standard InChI is InChI=1S/C14H27N3/c1-3-10-16-13(12-15)9-11-17(2)14-7-5-4-6-8-14/h13-14,16H,3-11H2,1-2H3. The Balaban J connectivity index is 2.20. The number of hydrogen-bond acceptors (Lipinski definition) is 3. The molecule has 0 aliphatic heterocycles. The van der Waals surface area contributed by atoms with Gasteiger partial charge in [-0.1, -0.05) is 26.2 Å². The van der Waals surface area contributed by atoms with Crippen LogP contribution in [0.25, 0.3) is 0 Å². The van der Waals surface area contributed by atoms with Crippen LogP contribution in [0.4, 0.5) is 0 Å². The summed E-state index contributed by atoms with van der Waals surface area (Å²) in [7, 11) is 2.21. The second-order valence-electron chi connectivity index (χ2n) is 5.20. The number of rotatable bonds is 7. The fourth-order valence-corrected chi connectivity index (χ4v) is 2.57. The first-order chi connectivity index (χ1) is 8.27. The molecule has 1 aliphatic carbocycles. The average Bonchev–Trinajstić information content (AvgIpc) is 2.39. The second kappa shape index (κ2) is 8.49. The van der Waals surface area contributed by atoms with E-state index in [1.165, 1.54) is 32.1 Å². The molecule has 0 aromatic heterocycles. The number of nitriles is 1. The van der Waals surface area contributed by atoms with Crippen LogP contribution in [0, 0.1) is 11.3 Å². The molecular formula is C14H27N3. The molecule has 1 atom stereocenters. The lowest BCUT2D eigenvalue weighted by atomic mass is 9.94. The van der Waals surface area contributed by atoms with Crippen molar-refractivity contribution in [3.8, 4) is 6.07 Å². The van der Waals surface area contributed by atoms with Crippen molar-refractivity contribution in [2.24, 2.45) is 0 Å². The molecule has 98 valence electrons. The van der Waals surface area contributed by atoms with Crippen molar-refractivity contribution in [2.45, 2.75) is 64.0 Å². The van der Waals surface area contributed by atoms with Gasteiger partial charge in [0.15, 0.2) is 0 Å². The van der Waals surface area contributed by atoms with Crippen molar-refractivity contribution in [3.05, 3.63) is 0 Å². The minimum absolute atomic E-state index is 0.0287. The molecule has 0 saturated heterocycles. The predicted molar refractivity (Wildman–Crippen MR) is 71.8 cm³/mol. The summed E-state index contributed by atoms with van der Waals surface area (Å²) in [6, 6.07) is 3.14. The molecule has 1 unspecified atom stereocenters. The van der Waals surface area contributed by atoms with Crippen LogP contribution in [-0.4, -0.2) is 37.1 Å². The smallest absolute Gasteiger partial charge is 0.0965 e. The summed E-state index contributed by atoms with van der Waals surface area (Å²) in [5.41, 5.74) is 0. The quantitative estimate of drug-likeness (QED) is 0.739. The molecule has 17 heavy (non-hydrogen) atoms. The van der Waals surface area contributed by atoms with Crippen LogP contribution in [0.3, 0.4) is 0 Å². The van der Waals surface area contributed by atoms with E-state index in [0.717, 1.165) is 32.0 Å². The number of nitrogens with one attached hydrogen (secondary N) is 1. The Kier molecular flexibility index (Phi) is 7.23. The molecule has 1 rings (SSSR count). The third kappa shape index (κ3) is 5.52. The van der Waals surface area contributed by atoms with Crippen LogP contribution < -0.4 is 5.32 Å². The predicted octanol–water partition coefficient (Wildman–Crippen LogP) is 2.53. The van der Waals surface area contributed by atoms with Crippen LogP contribution in [0.1, 0.15) is 51.9 Å². The fraction of sp³-hybridized carbons (Fsp3) is 0.929. The van der Waals surface area contributed by atoms with E-state index < -0.39 is 0 Å². The topological polar surface area (TPSA) is 39.1 Å². The summed E-state index contributed by atoms with van der Waals surface area (Å²) in [6.07, 6.45) is 8.89. The van der Waals surface area contributed by atoms with E-state index in [-0.39, 0.29) is 6.04 Å². The van der Waals surface area contributed by atoms with E-state index in [4.69, 9.17) is 5.26 Å². The summed E-state index contributed by atoms with van der Waals surface area (Å²) in [4.78, 5) is 2.46. The zero-order valence-electron chi connectivity index (χ0n) is 11.4. The lowest BCUT2D eigenvalue weighted by Gasteiger charge is -2.31. The van der Waals surface area contributed by atoms with E-state index in [1.807, 2.05) is 0 Å². The normalized spacial score (nSPS) is 19.2. The molecule has 0 aromatic rings. The van der Waals surface area contributed by atoms with Crippen molar-refractivity contribution < 1.29 is 0 Å². The molecule has 1 aliphatic rings. The molecule has 0 bridgehead atoms. The van der Waals surface area contributed by atoms with Crippen LogP contribution >= 0.6 is 0 Å². The molecule has 1 N–H and O–H groups in total. The van der Waals surface area contributed by atoms with E-state index >= 15 is 0 Å². The summed E-state index contributed by atoms with van der Waals surface area (Å²) in [5.74, 6) is 0. The maximum absolute atomic E-state index is 9.04. The van der Waals surface area contributed by atoms with Crippen LogP contribution in [0.2, 0.25) is 0 Å². The van der Waals surface area contributed by atoms with Gasteiger partial charge in [-0.05, 0) is 39.3 Å². The Morgan fingerprint density at radius 1 is 1.35 bits per heavy atom. The maximum atomic E-state index is 9.04. The minimum atomic E-state index is 0.0287. The SMILES string of the molecule is CCCNC(C#N)CCN(C)C1CCCCC1. The monoisotopic (exact) mass is 237 g/mol. The third-order valence-electron chi connectivity index (χ3n) is 3.77. The molecule has 0 heterocycles. The molecule has 0 aromatic carbocycles. The van der Waals surface area contributed by atoms with E-state index in [0.29, 0.717) is 0 Å². The Morgan fingerprint density at radius 3 is 2.65 bits per heavy atom. The van der Waals surface area contributed by atoms with Gasteiger partial charge in [0.25, 0.3) is 0 Å². The first kappa shape index (κ1) is 14.5. The highest BCUT2D eigenvalue weighted by molar-refractivity contribution is 4.90. The van der Waals surface area contributed by atoms with Crippen LogP contribution in [0.5, 0.6) is 0 Å². The number of hydrogen-bond donors (Lipinski definition) is 1. The highest BCUT2D eigenvalue weighted by Gasteiger charge is 2.18. The summed E-state index contributed by atoms with van der Waals surface area (Å²) in [5, 5.41) is 12.3. The van der Waals surface area contributed by atoms with Gasteiger partial charge in [-0.25, -0.2) is 0 Å². The first-order valence-electron chi connectivity index (χ1n) is 7.11. The summed E-state index contributed by atoms with van der Waals surface area (Å²) >= 11 is 0. The molecule has 0 spiro atoms. The zero-order valence-corrected chi connectivity index (χ0v) is 11.4. The lowest BCUT2D eigenvalue weighted by Crippen LogP contribution is -2.38. The Labute approximate surface area is 106 Å². The van der Waals surface area contributed by atoms with Gasteiger partial charge in [-0.3, -0.25) is 0 Å². The Morgan fingerprint density at radius 2 is 2.06 bits per heavy atom. The maximum Gasteiger partial charge on any atom is 0.0965 e.